The normalized spacial score (nSPS) is 18.8. The minimum absolute atomic E-state index is 0.0320. The third-order valence-electron chi connectivity index (χ3n) is 4.38. The Balaban J connectivity index is 2.37. The van der Waals surface area contributed by atoms with Gasteiger partial charge >= 0.3 is 0 Å². The molecule has 1 aliphatic heterocycles. The van der Waals surface area contributed by atoms with Gasteiger partial charge < -0.3 is 10.6 Å². The highest BCUT2D eigenvalue weighted by molar-refractivity contribution is 5.81. The Morgan fingerprint density at radius 3 is 2.42 bits per heavy atom. The highest BCUT2D eigenvalue weighted by Crippen LogP contribution is 2.14. The summed E-state index contributed by atoms with van der Waals surface area (Å²) in [7, 11) is 2.07. The second-order valence-corrected chi connectivity index (χ2v) is 5.83. The Kier molecular flexibility index (Phi) is 7.39. The fourth-order valence-corrected chi connectivity index (χ4v) is 2.64. The lowest BCUT2D eigenvalue weighted by molar-refractivity contribution is -0.126. The number of hydrogen-bond acceptors (Lipinski definition) is 3. The van der Waals surface area contributed by atoms with Crippen LogP contribution in [0.5, 0.6) is 0 Å². The number of piperidine rings is 1. The predicted octanol–water partition coefficient (Wildman–Crippen LogP) is 1.61. The van der Waals surface area contributed by atoms with E-state index in [1.807, 2.05) is 6.92 Å². The van der Waals surface area contributed by atoms with E-state index in [0.717, 1.165) is 38.4 Å². The summed E-state index contributed by atoms with van der Waals surface area (Å²) in [6, 6.07) is 0.290. The second kappa shape index (κ2) is 8.54. The SMILES string of the molecule is CCC(CC)NC(=O)C(C)N(C)CC1CCNCC1. The van der Waals surface area contributed by atoms with E-state index in [4.69, 9.17) is 0 Å². The molecule has 0 spiro atoms. The number of nitrogens with one attached hydrogen (secondary N) is 2. The van der Waals surface area contributed by atoms with Gasteiger partial charge in [-0.1, -0.05) is 13.8 Å². The molecule has 0 bridgehead atoms. The van der Waals surface area contributed by atoms with E-state index in [9.17, 15) is 4.79 Å². The van der Waals surface area contributed by atoms with Gasteiger partial charge in [-0.25, -0.2) is 0 Å². The predicted molar refractivity (Wildman–Crippen MR) is 80.2 cm³/mol. The van der Waals surface area contributed by atoms with Crippen LogP contribution in [-0.2, 0) is 4.79 Å². The number of nitrogens with zero attached hydrogens (tertiary/aromatic N) is 1. The number of carbonyl (C=O) groups is 1. The lowest BCUT2D eigenvalue weighted by atomic mass is 9.97. The quantitative estimate of drug-likeness (QED) is 0.738. The van der Waals surface area contributed by atoms with Crippen LogP contribution in [0, 0.1) is 5.92 Å². The van der Waals surface area contributed by atoms with E-state index in [1.54, 1.807) is 0 Å². The van der Waals surface area contributed by atoms with Gasteiger partial charge in [0.15, 0.2) is 0 Å². The van der Waals surface area contributed by atoms with Crippen molar-refractivity contribution in [3.05, 3.63) is 0 Å². The standard InChI is InChI=1S/C15H31N3O/c1-5-14(6-2)17-15(19)12(3)18(4)11-13-7-9-16-10-8-13/h12-14,16H,5-11H2,1-4H3,(H,17,19). The first-order chi connectivity index (χ1) is 9.08. The molecule has 0 saturated carbocycles. The van der Waals surface area contributed by atoms with Crippen molar-refractivity contribution in [1.82, 2.24) is 15.5 Å². The lowest BCUT2D eigenvalue weighted by Crippen LogP contribution is -2.48. The van der Waals surface area contributed by atoms with Gasteiger partial charge in [0.25, 0.3) is 0 Å². The molecule has 1 heterocycles. The molecule has 19 heavy (non-hydrogen) atoms. The van der Waals surface area contributed by atoms with Gasteiger partial charge in [-0.3, -0.25) is 9.69 Å². The van der Waals surface area contributed by atoms with Crippen molar-refractivity contribution in [2.75, 3.05) is 26.7 Å². The number of rotatable bonds is 7. The largest absolute Gasteiger partial charge is 0.352 e. The number of carbonyl (C=O) groups excluding carboxylic acids is 1. The smallest absolute Gasteiger partial charge is 0.237 e. The maximum absolute atomic E-state index is 12.2. The van der Waals surface area contributed by atoms with Gasteiger partial charge in [0.2, 0.25) is 5.91 Å². The van der Waals surface area contributed by atoms with Crippen molar-refractivity contribution in [2.45, 2.75) is 58.5 Å². The maximum atomic E-state index is 12.2. The Hall–Kier alpha value is -0.610. The van der Waals surface area contributed by atoms with Crippen LogP contribution >= 0.6 is 0 Å². The molecule has 1 unspecified atom stereocenters. The molecule has 0 radical (unpaired) electrons. The topological polar surface area (TPSA) is 44.4 Å². The first-order valence-electron chi connectivity index (χ1n) is 7.79. The van der Waals surface area contributed by atoms with Crippen LogP contribution in [0.1, 0.15) is 46.5 Å². The zero-order valence-corrected chi connectivity index (χ0v) is 13.0. The first kappa shape index (κ1) is 16.4. The summed E-state index contributed by atoms with van der Waals surface area (Å²) in [6.07, 6.45) is 4.47. The molecule has 1 atom stereocenters. The van der Waals surface area contributed by atoms with Crippen LogP contribution in [0.25, 0.3) is 0 Å². The van der Waals surface area contributed by atoms with E-state index < -0.39 is 0 Å². The highest BCUT2D eigenvalue weighted by atomic mass is 16.2. The maximum Gasteiger partial charge on any atom is 0.237 e. The third-order valence-corrected chi connectivity index (χ3v) is 4.38. The van der Waals surface area contributed by atoms with Crippen molar-refractivity contribution in [3.8, 4) is 0 Å². The fraction of sp³-hybridized carbons (Fsp3) is 0.933. The van der Waals surface area contributed by atoms with Crippen LogP contribution in [0.4, 0.5) is 0 Å². The minimum atomic E-state index is -0.0320. The summed E-state index contributed by atoms with van der Waals surface area (Å²) in [5, 5.41) is 6.52. The molecule has 0 aliphatic carbocycles. The van der Waals surface area contributed by atoms with E-state index >= 15 is 0 Å². The Labute approximate surface area is 118 Å². The van der Waals surface area contributed by atoms with Crippen molar-refractivity contribution in [1.29, 1.82) is 0 Å². The molecular weight excluding hydrogens is 238 g/mol. The average molecular weight is 269 g/mol. The van der Waals surface area contributed by atoms with Crippen LogP contribution < -0.4 is 10.6 Å². The summed E-state index contributed by atoms with van der Waals surface area (Å²) in [4.78, 5) is 14.4. The van der Waals surface area contributed by atoms with Gasteiger partial charge in [0.1, 0.15) is 0 Å². The molecule has 2 N–H and O–H groups in total. The van der Waals surface area contributed by atoms with Crippen molar-refractivity contribution in [2.24, 2.45) is 5.92 Å². The molecule has 0 aromatic carbocycles. The molecule has 1 saturated heterocycles. The first-order valence-corrected chi connectivity index (χ1v) is 7.79. The van der Waals surface area contributed by atoms with Crippen molar-refractivity contribution < 1.29 is 4.79 Å². The van der Waals surface area contributed by atoms with Crippen LogP contribution in [0.15, 0.2) is 0 Å². The lowest BCUT2D eigenvalue weighted by Gasteiger charge is -2.31. The summed E-state index contributed by atoms with van der Waals surface area (Å²) >= 11 is 0. The molecule has 112 valence electrons. The second-order valence-electron chi connectivity index (χ2n) is 5.83. The molecule has 4 heteroatoms. The fourth-order valence-electron chi connectivity index (χ4n) is 2.64. The Morgan fingerprint density at radius 2 is 1.89 bits per heavy atom. The van der Waals surface area contributed by atoms with Crippen molar-refractivity contribution >= 4 is 5.91 Å². The number of hydrogen-bond donors (Lipinski definition) is 2. The summed E-state index contributed by atoms with van der Waals surface area (Å²) in [6.45, 7) is 9.52. The van der Waals surface area contributed by atoms with Crippen molar-refractivity contribution in [3.63, 3.8) is 0 Å². The third kappa shape index (κ3) is 5.49. The van der Waals surface area contributed by atoms with Gasteiger partial charge in [0, 0.05) is 12.6 Å². The zero-order chi connectivity index (χ0) is 14.3. The molecule has 0 aromatic heterocycles. The molecule has 1 fully saturated rings. The molecule has 4 nitrogen and oxygen atoms in total. The summed E-state index contributed by atoms with van der Waals surface area (Å²) in [5.41, 5.74) is 0. The summed E-state index contributed by atoms with van der Waals surface area (Å²) in [5.74, 6) is 0.903. The Bertz CT molecular complexity index is 260. The molecule has 1 rings (SSSR count). The zero-order valence-electron chi connectivity index (χ0n) is 13.0. The van der Waals surface area contributed by atoms with Crippen LogP contribution in [0.3, 0.4) is 0 Å². The van der Waals surface area contributed by atoms with Crippen LogP contribution in [0.2, 0.25) is 0 Å². The Morgan fingerprint density at radius 1 is 1.32 bits per heavy atom. The molecular formula is C15H31N3O. The minimum Gasteiger partial charge on any atom is -0.352 e. The molecule has 1 aliphatic rings. The van der Waals surface area contributed by atoms with E-state index in [1.165, 1.54) is 12.8 Å². The van der Waals surface area contributed by atoms with Gasteiger partial charge in [0.05, 0.1) is 6.04 Å². The average Bonchev–Trinajstić information content (AvgIpc) is 2.44. The van der Waals surface area contributed by atoms with E-state index in [2.05, 4.69) is 36.4 Å². The van der Waals surface area contributed by atoms with Gasteiger partial charge in [-0.2, -0.15) is 0 Å². The highest BCUT2D eigenvalue weighted by Gasteiger charge is 2.23. The summed E-state index contributed by atoms with van der Waals surface area (Å²) < 4.78 is 0. The number of amides is 1. The van der Waals surface area contributed by atoms with E-state index in [-0.39, 0.29) is 11.9 Å². The number of likely N-dealkylation sites (N-methyl/N-ethyl adjacent to an activating group) is 1. The molecule has 1 amide bonds. The van der Waals surface area contributed by atoms with Gasteiger partial charge in [-0.15, -0.1) is 0 Å². The molecule has 0 aromatic rings. The van der Waals surface area contributed by atoms with Crippen LogP contribution in [-0.4, -0.2) is 49.6 Å². The van der Waals surface area contributed by atoms with E-state index in [0.29, 0.717) is 6.04 Å². The monoisotopic (exact) mass is 269 g/mol. The van der Waals surface area contributed by atoms with Gasteiger partial charge in [-0.05, 0) is 58.7 Å².